The van der Waals surface area contributed by atoms with Gasteiger partial charge >= 0.3 is 6.18 Å². The molecule has 0 fully saturated rings. The predicted molar refractivity (Wildman–Crippen MR) is 188 cm³/mol. The molecule has 5 nitrogen and oxygen atoms in total. The van der Waals surface area contributed by atoms with E-state index in [2.05, 4.69) is 18.7 Å². The molecule has 0 saturated heterocycles. The van der Waals surface area contributed by atoms with E-state index in [1.54, 1.807) is 18.2 Å². The summed E-state index contributed by atoms with van der Waals surface area (Å²) in [6, 6.07) is 16.0. The summed E-state index contributed by atoms with van der Waals surface area (Å²) in [6.07, 6.45) is -0.321. The summed E-state index contributed by atoms with van der Waals surface area (Å²) >= 11 is 1.48. The molecular weight excluding hydrogens is 651 g/mol. The van der Waals surface area contributed by atoms with E-state index in [0.717, 1.165) is 58.9 Å². The van der Waals surface area contributed by atoms with Gasteiger partial charge in [-0.1, -0.05) is 70.2 Å². The number of likely N-dealkylation sites (N-methyl/N-ethyl adjacent to an activating group) is 1. The SMILES string of the molecule is CCN(CC)CCN(Cc1ccc(C2(C)CC=C(C(F)(F)F)CC2C)cc1)C(=O)Cn1c(SCc2ccc(F)cc2)cc(=O)c2c1CCC2. The molecule has 2 aliphatic carbocycles. The zero-order chi connectivity index (χ0) is 35.3. The van der Waals surface area contributed by atoms with Crippen LogP contribution in [-0.4, -0.2) is 52.6 Å². The van der Waals surface area contributed by atoms with Gasteiger partial charge in [0.15, 0.2) is 5.43 Å². The maximum atomic E-state index is 14.2. The largest absolute Gasteiger partial charge is 0.412 e. The Balaban J connectivity index is 1.38. The Hall–Kier alpha value is -3.37. The highest BCUT2D eigenvalue weighted by Gasteiger charge is 2.43. The van der Waals surface area contributed by atoms with Crippen molar-refractivity contribution in [2.24, 2.45) is 5.92 Å². The lowest BCUT2D eigenvalue weighted by Crippen LogP contribution is -2.40. The number of pyridine rings is 1. The Morgan fingerprint density at radius 1 is 1.00 bits per heavy atom. The van der Waals surface area contributed by atoms with Crippen molar-refractivity contribution in [2.45, 2.75) is 95.3 Å². The van der Waals surface area contributed by atoms with Gasteiger partial charge in [-0.05, 0) is 85.3 Å². The molecule has 3 aromatic rings. The molecule has 0 saturated carbocycles. The number of amides is 1. The van der Waals surface area contributed by atoms with Gasteiger partial charge in [-0.3, -0.25) is 9.59 Å². The molecule has 0 spiro atoms. The number of carbonyl (C=O) groups excluding carboxylic acids is 1. The summed E-state index contributed by atoms with van der Waals surface area (Å²) in [4.78, 5) is 31.4. The highest BCUT2D eigenvalue weighted by atomic mass is 32.2. The number of fused-ring (bicyclic) bond motifs is 1. The van der Waals surface area contributed by atoms with Crippen LogP contribution in [0.3, 0.4) is 0 Å². The van der Waals surface area contributed by atoms with Crippen molar-refractivity contribution in [1.82, 2.24) is 14.4 Å². The van der Waals surface area contributed by atoms with Crippen molar-refractivity contribution < 1.29 is 22.4 Å². The average molecular weight is 698 g/mol. The van der Waals surface area contributed by atoms with Crippen LogP contribution in [0, 0.1) is 11.7 Å². The fraction of sp³-hybridized carbons (Fsp3) is 0.487. The first-order valence-corrected chi connectivity index (χ1v) is 18.3. The van der Waals surface area contributed by atoms with Crippen LogP contribution in [0.15, 0.2) is 76.1 Å². The Morgan fingerprint density at radius 2 is 1.67 bits per heavy atom. The van der Waals surface area contributed by atoms with Crippen LogP contribution in [0.2, 0.25) is 0 Å². The van der Waals surface area contributed by atoms with Crippen LogP contribution in [-0.2, 0) is 41.9 Å². The second kappa shape index (κ2) is 15.7. The van der Waals surface area contributed by atoms with Gasteiger partial charge in [-0.25, -0.2) is 4.39 Å². The first-order chi connectivity index (χ1) is 23.3. The number of aromatic nitrogens is 1. The van der Waals surface area contributed by atoms with Gasteiger partial charge in [0.1, 0.15) is 12.4 Å². The number of allylic oxidation sites excluding steroid dienone is 2. The average Bonchev–Trinajstić information content (AvgIpc) is 3.58. The lowest BCUT2D eigenvalue weighted by molar-refractivity contribution is -0.132. The molecule has 1 heterocycles. The molecule has 2 atom stereocenters. The first-order valence-electron chi connectivity index (χ1n) is 17.3. The number of benzene rings is 2. The lowest BCUT2D eigenvalue weighted by Gasteiger charge is -2.40. The molecule has 1 amide bonds. The second-order valence-corrected chi connectivity index (χ2v) is 14.6. The molecule has 10 heteroatoms. The van der Waals surface area contributed by atoms with Crippen molar-refractivity contribution in [3.63, 3.8) is 0 Å². The fourth-order valence-electron chi connectivity index (χ4n) is 7.08. The van der Waals surface area contributed by atoms with Crippen LogP contribution in [0.4, 0.5) is 17.6 Å². The molecule has 49 heavy (non-hydrogen) atoms. The van der Waals surface area contributed by atoms with E-state index >= 15 is 0 Å². The molecule has 264 valence electrons. The minimum Gasteiger partial charge on any atom is -0.336 e. The van der Waals surface area contributed by atoms with E-state index in [0.29, 0.717) is 38.2 Å². The van der Waals surface area contributed by atoms with E-state index in [9.17, 15) is 27.2 Å². The molecule has 0 radical (unpaired) electrons. The number of alkyl halides is 3. The van der Waals surface area contributed by atoms with Crippen molar-refractivity contribution in [1.29, 1.82) is 0 Å². The summed E-state index contributed by atoms with van der Waals surface area (Å²) in [7, 11) is 0. The third-order valence-corrected chi connectivity index (χ3v) is 11.7. The number of hydrogen-bond acceptors (Lipinski definition) is 4. The number of halogens is 4. The zero-order valence-electron chi connectivity index (χ0n) is 28.9. The molecule has 0 bridgehead atoms. The number of nitrogens with zero attached hydrogens (tertiary/aromatic N) is 3. The summed E-state index contributed by atoms with van der Waals surface area (Å²) in [6.45, 7) is 11.6. The van der Waals surface area contributed by atoms with Crippen molar-refractivity contribution >= 4 is 17.7 Å². The van der Waals surface area contributed by atoms with Crippen molar-refractivity contribution in [3.05, 3.63) is 110 Å². The molecule has 0 N–H and O–H groups in total. The highest BCUT2D eigenvalue weighted by Crippen LogP contribution is 2.46. The number of thioether (sulfide) groups is 1. The molecule has 2 aliphatic rings. The van der Waals surface area contributed by atoms with Crippen LogP contribution in [0.1, 0.15) is 74.9 Å². The zero-order valence-corrected chi connectivity index (χ0v) is 29.7. The lowest BCUT2D eigenvalue weighted by atomic mass is 9.65. The van der Waals surface area contributed by atoms with Crippen LogP contribution in [0.25, 0.3) is 0 Å². The van der Waals surface area contributed by atoms with E-state index < -0.39 is 17.2 Å². The third-order valence-electron chi connectivity index (χ3n) is 10.6. The van der Waals surface area contributed by atoms with E-state index in [-0.39, 0.29) is 36.0 Å². The Kier molecular flexibility index (Phi) is 11.8. The summed E-state index contributed by atoms with van der Waals surface area (Å²) in [5, 5.41) is 0.731. The van der Waals surface area contributed by atoms with Gasteiger partial charge in [-0.15, -0.1) is 11.8 Å². The standard InChI is InChI=1S/C39H47F4N3O2S/c1-5-44(6-2)20-21-45(24-28-10-14-30(15-11-28)38(4)19-18-31(22-27(38)3)39(41,42)43)36(48)25-46-34-9-7-8-33(34)35(47)23-37(46)49-26-29-12-16-32(40)17-13-29/h10-18,23,27H,5-9,19-22,24-26H2,1-4H3. The van der Waals surface area contributed by atoms with E-state index in [1.807, 2.05) is 47.6 Å². The Labute approximate surface area is 291 Å². The first kappa shape index (κ1) is 36.9. The number of rotatable bonds is 13. The summed E-state index contributed by atoms with van der Waals surface area (Å²) in [5.41, 5.74) is 3.72. The van der Waals surface area contributed by atoms with Gasteiger partial charge in [0.2, 0.25) is 5.91 Å². The molecule has 2 unspecified atom stereocenters. The van der Waals surface area contributed by atoms with Crippen LogP contribution in [0.5, 0.6) is 0 Å². The predicted octanol–water partition coefficient (Wildman–Crippen LogP) is 8.32. The smallest absolute Gasteiger partial charge is 0.336 e. The van der Waals surface area contributed by atoms with Gasteiger partial charge in [0.25, 0.3) is 0 Å². The molecule has 0 aliphatic heterocycles. The fourth-order valence-corrected chi connectivity index (χ4v) is 8.11. The maximum Gasteiger partial charge on any atom is 0.412 e. The van der Waals surface area contributed by atoms with Crippen LogP contribution < -0.4 is 5.43 Å². The van der Waals surface area contributed by atoms with E-state index in [4.69, 9.17) is 0 Å². The third kappa shape index (κ3) is 8.69. The second-order valence-electron chi connectivity index (χ2n) is 13.6. The van der Waals surface area contributed by atoms with Gasteiger partial charge in [0.05, 0.1) is 5.03 Å². The van der Waals surface area contributed by atoms with Crippen molar-refractivity contribution in [2.75, 3.05) is 26.2 Å². The van der Waals surface area contributed by atoms with Gasteiger partial charge in [0, 0.05) is 48.3 Å². The van der Waals surface area contributed by atoms with Crippen LogP contribution >= 0.6 is 11.8 Å². The quantitative estimate of drug-likeness (QED) is 0.102. The maximum absolute atomic E-state index is 14.2. The number of hydrogen-bond donors (Lipinski definition) is 0. The Morgan fingerprint density at radius 3 is 2.31 bits per heavy atom. The minimum absolute atomic E-state index is 0.00221. The monoisotopic (exact) mass is 697 g/mol. The Bertz CT molecular complexity index is 1700. The van der Waals surface area contributed by atoms with E-state index in [1.165, 1.54) is 30.0 Å². The normalized spacial score (nSPS) is 19.2. The summed E-state index contributed by atoms with van der Waals surface area (Å²) < 4.78 is 55.7. The van der Waals surface area contributed by atoms with Gasteiger partial charge < -0.3 is 14.4 Å². The number of carbonyl (C=O) groups is 1. The van der Waals surface area contributed by atoms with Crippen molar-refractivity contribution in [3.8, 4) is 0 Å². The summed E-state index contributed by atoms with van der Waals surface area (Å²) in [5.74, 6) is 0.00899. The minimum atomic E-state index is -4.29. The molecule has 1 aromatic heterocycles. The topological polar surface area (TPSA) is 45.5 Å². The molecule has 2 aromatic carbocycles. The molecular formula is C39H47F4N3O2S. The molecule has 5 rings (SSSR count). The highest BCUT2D eigenvalue weighted by molar-refractivity contribution is 7.98. The van der Waals surface area contributed by atoms with Gasteiger partial charge in [-0.2, -0.15) is 13.2 Å².